The molecule has 0 aliphatic carbocycles. The van der Waals surface area contributed by atoms with E-state index in [4.69, 9.17) is 4.74 Å². The van der Waals surface area contributed by atoms with Gasteiger partial charge in [-0.2, -0.15) is 0 Å². The van der Waals surface area contributed by atoms with Crippen LogP contribution in [0.15, 0.2) is 0 Å². The van der Waals surface area contributed by atoms with E-state index in [2.05, 4.69) is 15.9 Å². The van der Waals surface area contributed by atoms with Crippen molar-refractivity contribution in [3.05, 3.63) is 0 Å². The van der Waals surface area contributed by atoms with Gasteiger partial charge in [-0.05, 0) is 18.3 Å². The molecule has 2 amide bonds. The fourth-order valence-electron chi connectivity index (χ4n) is 2.08. The van der Waals surface area contributed by atoms with E-state index >= 15 is 0 Å². The highest BCUT2D eigenvalue weighted by Crippen LogP contribution is 2.24. The molecule has 0 aromatic heterocycles. The summed E-state index contributed by atoms with van der Waals surface area (Å²) in [6, 6.07) is -0.258. The second-order valence-corrected chi connectivity index (χ2v) is 6.68. The van der Waals surface area contributed by atoms with Crippen molar-refractivity contribution in [3.8, 4) is 0 Å². The molecule has 6 heteroatoms. The Morgan fingerprint density at radius 1 is 1.47 bits per heavy atom. The highest BCUT2D eigenvalue weighted by atomic mass is 79.9. The number of cyclic esters (lactones) is 1. The van der Waals surface area contributed by atoms with Gasteiger partial charge >= 0.3 is 6.09 Å². The zero-order chi connectivity index (χ0) is 14.7. The predicted molar refractivity (Wildman–Crippen MR) is 75.0 cm³/mol. The third-order valence-electron chi connectivity index (χ3n) is 3.20. The first kappa shape index (κ1) is 16.4. The Balaban J connectivity index is 2.77. The molecule has 0 aromatic carbocycles. The topological polar surface area (TPSA) is 66.8 Å². The lowest BCUT2D eigenvalue weighted by Crippen LogP contribution is -2.48. The minimum Gasteiger partial charge on any atom is -0.447 e. The van der Waals surface area contributed by atoms with Gasteiger partial charge < -0.3 is 9.84 Å². The van der Waals surface area contributed by atoms with Crippen LogP contribution in [-0.4, -0.2) is 45.6 Å². The second kappa shape index (κ2) is 6.70. The molecule has 0 bridgehead atoms. The first-order chi connectivity index (χ1) is 8.75. The van der Waals surface area contributed by atoms with E-state index in [9.17, 15) is 14.7 Å². The average Bonchev–Trinajstić information content (AvgIpc) is 2.68. The number of hydrogen-bond acceptors (Lipinski definition) is 4. The standard InChI is InChI=1S/C13H22BrNO4/c1-7(2)5-10(16)11(14)12(17)15-9(8(3)4)6-19-13(15)18/h7-11,16H,5-6H2,1-4H3/t9-,10-,11+/m1/s1. The van der Waals surface area contributed by atoms with Gasteiger partial charge in [0.15, 0.2) is 0 Å². The first-order valence-electron chi connectivity index (χ1n) is 6.57. The van der Waals surface area contributed by atoms with Crippen LogP contribution in [0.25, 0.3) is 0 Å². The Bertz CT molecular complexity index is 346. The molecular formula is C13H22BrNO4. The summed E-state index contributed by atoms with van der Waals surface area (Å²) in [5, 5.41) is 9.98. The molecule has 1 heterocycles. The van der Waals surface area contributed by atoms with Gasteiger partial charge in [0.2, 0.25) is 5.91 Å². The molecular weight excluding hydrogens is 314 g/mol. The number of aliphatic hydroxyl groups is 1. The lowest BCUT2D eigenvalue weighted by Gasteiger charge is -2.26. The third kappa shape index (κ3) is 3.92. The number of ether oxygens (including phenoxy) is 1. The molecule has 1 saturated heterocycles. The van der Waals surface area contributed by atoms with Crippen molar-refractivity contribution in [1.29, 1.82) is 0 Å². The Morgan fingerprint density at radius 2 is 2.05 bits per heavy atom. The first-order valence-corrected chi connectivity index (χ1v) is 7.49. The van der Waals surface area contributed by atoms with Gasteiger partial charge in [-0.1, -0.05) is 43.6 Å². The molecule has 3 atom stereocenters. The van der Waals surface area contributed by atoms with E-state index in [0.717, 1.165) is 4.90 Å². The Kier molecular flexibility index (Phi) is 5.80. The largest absolute Gasteiger partial charge is 0.447 e. The van der Waals surface area contributed by atoms with E-state index in [1.165, 1.54) is 0 Å². The van der Waals surface area contributed by atoms with Crippen molar-refractivity contribution in [1.82, 2.24) is 4.90 Å². The maximum atomic E-state index is 12.3. The summed E-state index contributed by atoms with van der Waals surface area (Å²) in [4.78, 5) is 24.3. The van der Waals surface area contributed by atoms with Crippen molar-refractivity contribution >= 4 is 27.9 Å². The van der Waals surface area contributed by atoms with Crippen molar-refractivity contribution in [3.63, 3.8) is 0 Å². The highest BCUT2D eigenvalue weighted by molar-refractivity contribution is 9.10. The number of aliphatic hydroxyl groups excluding tert-OH is 1. The lowest BCUT2D eigenvalue weighted by atomic mass is 10.0. The molecule has 19 heavy (non-hydrogen) atoms. The SMILES string of the molecule is CC(C)C[C@@H](O)[C@H](Br)C(=O)N1C(=O)OC[C@@H]1C(C)C. The van der Waals surface area contributed by atoms with Crippen LogP contribution < -0.4 is 0 Å². The maximum absolute atomic E-state index is 12.3. The minimum absolute atomic E-state index is 0.123. The Hall–Kier alpha value is -0.620. The monoisotopic (exact) mass is 335 g/mol. The summed E-state index contributed by atoms with van der Waals surface area (Å²) in [6.45, 7) is 8.02. The summed E-state index contributed by atoms with van der Waals surface area (Å²) in [5.41, 5.74) is 0. The molecule has 0 saturated carbocycles. The van der Waals surface area contributed by atoms with Crippen molar-refractivity contribution in [2.45, 2.75) is 51.1 Å². The molecule has 1 aliphatic heterocycles. The van der Waals surface area contributed by atoms with Crippen molar-refractivity contribution < 1.29 is 19.4 Å². The zero-order valence-electron chi connectivity index (χ0n) is 11.8. The number of hydrogen-bond donors (Lipinski definition) is 1. The summed E-state index contributed by atoms with van der Waals surface area (Å²) in [7, 11) is 0. The lowest BCUT2D eigenvalue weighted by molar-refractivity contribution is -0.131. The van der Waals surface area contributed by atoms with Gasteiger partial charge in [-0.3, -0.25) is 4.79 Å². The van der Waals surface area contributed by atoms with E-state index in [-0.39, 0.29) is 24.5 Å². The molecule has 110 valence electrons. The molecule has 1 fully saturated rings. The van der Waals surface area contributed by atoms with Crippen LogP contribution in [0.1, 0.15) is 34.1 Å². The van der Waals surface area contributed by atoms with E-state index in [1.54, 1.807) is 0 Å². The van der Waals surface area contributed by atoms with E-state index < -0.39 is 22.9 Å². The van der Waals surface area contributed by atoms with Gasteiger partial charge in [0, 0.05) is 0 Å². The molecule has 0 aromatic rings. The summed E-state index contributed by atoms with van der Waals surface area (Å²) < 4.78 is 4.94. The molecule has 1 N–H and O–H groups in total. The second-order valence-electron chi connectivity index (χ2n) is 5.70. The van der Waals surface area contributed by atoms with Crippen LogP contribution in [0.2, 0.25) is 0 Å². The molecule has 0 radical (unpaired) electrons. The smallest absolute Gasteiger partial charge is 0.417 e. The van der Waals surface area contributed by atoms with Crippen LogP contribution >= 0.6 is 15.9 Å². The summed E-state index contributed by atoms with van der Waals surface area (Å²) >= 11 is 3.20. The average molecular weight is 336 g/mol. The van der Waals surface area contributed by atoms with Crippen LogP contribution in [-0.2, 0) is 9.53 Å². The number of imide groups is 1. The fraction of sp³-hybridized carbons (Fsp3) is 0.846. The summed E-state index contributed by atoms with van der Waals surface area (Å²) in [5.74, 6) is -0.0269. The predicted octanol–water partition coefficient (Wildman–Crippen LogP) is 2.16. The van der Waals surface area contributed by atoms with Gasteiger partial charge in [-0.25, -0.2) is 9.69 Å². The molecule has 1 aliphatic rings. The normalized spacial score (nSPS) is 22.8. The zero-order valence-corrected chi connectivity index (χ0v) is 13.4. The number of nitrogens with zero attached hydrogens (tertiary/aromatic N) is 1. The van der Waals surface area contributed by atoms with Crippen LogP contribution in [0, 0.1) is 11.8 Å². The molecule has 0 spiro atoms. The van der Waals surface area contributed by atoms with Gasteiger partial charge in [-0.15, -0.1) is 0 Å². The van der Waals surface area contributed by atoms with Crippen LogP contribution in [0.4, 0.5) is 4.79 Å². The van der Waals surface area contributed by atoms with Crippen LogP contribution in [0.3, 0.4) is 0 Å². The van der Waals surface area contributed by atoms with Crippen molar-refractivity contribution in [2.75, 3.05) is 6.61 Å². The van der Waals surface area contributed by atoms with E-state index in [0.29, 0.717) is 6.42 Å². The molecule has 5 nitrogen and oxygen atoms in total. The van der Waals surface area contributed by atoms with Crippen LogP contribution in [0.5, 0.6) is 0 Å². The number of rotatable bonds is 5. The van der Waals surface area contributed by atoms with Crippen molar-refractivity contribution in [2.24, 2.45) is 11.8 Å². The highest BCUT2D eigenvalue weighted by Gasteiger charge is 2.43. The van der Waals surface area contributed by atoms with Gasteiger partial charge in [0.05, 0.1) is 12.1 Å². The summed E-state index contributed by atoms with van der Waals surface area (Å²) in [6.07, 6.45) is -0.935. The third-order valence-corrected chi connectivity index (χ3v) is 4.20. The maximum Gasteiger partial charge on any atom is 0.417 e. The number of carbonyl (C=O) groups is 2. The number of amides is 2. The fourth-order valence-corrected chi connectivity index (χ4v) is 2.52. The quantitative estimate of drug-likeness (QED) is 0.782. The number of alkyl halides is 1. The van der Waals surface area contributed by atoms with E-state index in [1.807, 2.05) is 27.7 Å². The minimum atomic E-state index is -0.811. The molecule has 0 unspecified atom stereocenters. The van der Waals surface area contributed by atoms with Gasteiger partial charge in [0.1, 0.15) is 11.4 Å². The number of carbonyl (C=O) groups excluding carboxylic acids is 2. The Labute approximate surface area is 122 Å². The van der Waals surface area contributed by atoms with Gasteiger partial charge in [0.25, 0.3) is 0 Å². The molecule has 1 rings (SSSR count). The number of halogens is 1. The Morgan fingerprint density at radius 3 is 2.53 bits per heavy atom.